The van der Waals surface area contributed by atoms with Gasteiger partial charge in [-0.25, -0.2) is 8.42 Å². The quantitative estimate of drug-likeness (QED) is 0.671. The number of aliphatic hydroxyl groups is 1. The van der Waals surface area contributed by atoms with E-state index in [0.29, 0.717) is 6.42 Å². The zero-order valence-corrected chi connectivity index (χ0v) is 9.07. The molecule has 3 N–H and O–H groups in total. The molecule has 0 aliphatic carbocycles. The number of hydrogen-bond donors (Lipinski definition) is 2. The molecule has 0 spiro atoms. The van der Waals surface area contributed by atoms with Crippen LogP contribution in [0.5, 0.6) is 0 Å². The third-order valence-electron chi connectivity index (χ3n) is 1.60. The molecular formula is C7H13N3O4S. The van der Waals surface area contributed by atoms with Crippen molar-refractivity contribution in [2.45, 2.75) is 18.3 Å². The molecule has 7 nitrogen and oxygen atoms in total. The lowest BCUT2D eigenvalue weighted by molar-refractivity contribution is 0.127. The fourth-order valence-corrected chi connectivity index (χ4v) is 1.56. The minimum absolute atomic E-state index is 0.000833. The lowest BCUT2D eigenvalue weighted by Crippen LogP contribution is -2.07. The van der Waals surface area contributed by atoms with E-state index in [1.807, 2.05) is 0 Å². The molecule has 0 aliphatic heterocycles. The molecular weight excluding hydrogens is 222 g/mol. The Bertz CT molecular complexity index is 414. The Morgan fingerprint density at radius 2 is 2.27 bits per heavy atom. The van der Waals surface area contributed by atoms with Gasteiger partial charge < -0.3 is 15.4 Å². The molecule has 0 fully saturated rings. The fraction of sp³-hybridized carbons (Fsp3) is 0.714. The van der Waals surface area contributed by atoms with E-state index in [9.17, 15) is 13.5 Å². The van der Waals surface area contributed by atoms with Crippen LogP contribution >= 0.6 is 0 Å². The molecule has 1 aromatic heterocycles. The maximum Gasteiger partial charge on any atom is 0.255 e. The second kappa shape index (κ2) is 4.69. The average Bonchev–Trinajstić information content (AvgIpc) is 2.50. The summed E-state index contributed by atoms with van der Waals surface area (Å²) in [6, 6.07) is 0. The summed E-state index contributed by atoms with van der Waals surface area (Å²) in [5.41, 5.74) is 5.23. The number of nitrogens with zero attached hydrogens (tertiary/aromatic N) is 2. The highest BCUT2D eigenvalue weighted by molar-refractivity contribution is 7.89. The Kier molecular flexibility index (Phi) is 3.77. The zero-order chi connectivity index (χ0) is 11.5. The molecule has 0 radical (unpaired) electrons. The second-order valence-electron chi connectivity index (χ2n) is 3.21. The van der Waals surface area contributed by atoms with Crippen molar-refractivity contribution in [3.8, 4) is 0 Å². The predicted octanol–water partition coefficient (Wildman–Crippen LogP) is -1.00. The van der Waals surface area contributed by atoms with E-state index in [-0.39, 0.29) is 24.0 Å². The van der Waals surface area contributed by atoms with Crippen LogP contribution in [0, 0.1) is 0 Å². The summed E-state index contributed by atoms with van der Waals surface area (Å²) in [5, 5.41) is 12.8. The van der Waals surface area contributed by atoms with E-state index < -0.39 is 15.9 Å². The highest BCUT2D eigenvalue weighted by Crippen LogP contribution is 2.13. The first-order valence-electron chi connectivity index (χ1n) is 4.30. The summed E-state index contributed by atoms with van der Waals surface area (Å²) in [6.45, 7) is 0.283. The molecule has 0 bridgehead atoms. The Morgan fingerprint density at radius 3 is 2.80 bits per heavy atom. The molecule has 0 amide bonds. The highest BCUT2D eigenvalue weighted by atomic mass is 32.2. The third-order valence-corrected chi connectivity index (χ3v) is 2.38. The molecule has 15 heavy (non-hydrogen) atoms. The molecule has 0 aliphatic rings. The zero-order valence-electron chi connectivity index (χ0n) is 8.25. The van der Waals surface area contributed by atoms with Crippen LogP contribution in [-0.4, -0.2) is 36.5 Å². The van der Waals surface area contributed by atoms with E-state index in [2.05, 4.69) is 10.1 Å². The molecule has 0 saturated heterocycles. The molecule has 1 heterocycles. The summed E-state index contributed by atoms with van der Waals surface area (Å²) in [5.74, 6) is -0.256. The number of sulfone groups is 1. The number of rotatable bonds is 5. The van der Waals surface area contributed by atoms with E-state index in [1.165, 1.54) is 0 Å². The molecule has 1 unspecified atom stereocenters. The van der Waals surface area contributed by atoms with Crippen LogP contribution < -0.4 is 5.73 Å². The van der Waals surface area contributed by atoms with Crippen molar-refractivity contribution in [2.75, 3.05) is 12.8 Å². The van der Waals surface area contributed by atoms with Gasteiger partial charge in [0, 0.05) is 6.26 Å². The van der Waals surface area contributed by atoms with Crippen LogP contribution in [0.1, 0.15) is 24.2 Å². The first-order valence-corrected chi connectivity index (χ1v) is 6.37. The number of nitrogens with two attached hydrogens (primary N) is 1. The third kappa shape index (κ3) is 3.94. The van der Waals surface area contributed by atoms with Gasteiger partial charge in [-0.2, -0.15) is 4.98 Å². The molecule has 1 atom stereocenters. The number of aliphatic hydroxyl groups excluding tert-OH is 1. The van der Waals surface area contributed by atoms with Gasteiger partial charge in [0.15, 0.2) is 15.7 Å². The molecule has 1 rings (SSSR count). The predicted molar refractivity (Wildman–Crippen MR) is 51.5 cm³/mol. The molecule has 0 aromatic carbocycles. The van der Waals surface area contributed by atoms with Crippen LogP contribution in [0.15, 0.2) is 4.52 Å². The van der Waals surface area contributed by atoms with Gasteiger partial charge >= 0.3 is 0 Å². The lowest BCUT2D eigenvalue weighted by atomic mass is 10.2. The summed E-state index contributed by atoms with van der Waals surface area (Å²) >= 11 is 0. The van der Waals surface area contributed by atoms with Gasteiger partial charge in [-0.1, -0.05) is 5.16 Å². The summed E-state index contributed by atoms with van der Waals surface area (Å²) in [6.07, 6.45) is 0.427. The van der Waals surface area contributed by atoms with Crippen LogP contribution in [0.25, 0.3) is 0 Å². The summed E-state index contributed by atoms with van der Waals surface area (Å²) in [4.78, 5) is 3.75. The second-order valence-corrected chi connectivity index (χ2v) is 5.35. The van der Waals surface area contributed by atoms with Crippen molar-refractivity contribution >= 4 is 9.84 Å². The standard InChI is InChI=1S/C7H13N3O4S/c1-15(12,13)4-6-9-7(14-10-6)5(11)2-3-8/h5,11H,2-4,8H2,1H3. The number of hydrogen-bond acceptors (Lipinski definition) is 7. The minimum atomic E-state index is -3.19. The first-order chi connectivity index (χ1) is 6.92. The monoisotopic (exact) mass is 235 g/mol. The summed E-state index contributed by atoms with van der Waals surface area (Å²) in [7, 11) is -3.19. The summed E-state index contributed by atoms with van der Waals surface area (Å²) < 4.78 is 26.5. The van der Waals surface area contributed by atoms with Gasteiger partial charge in [0.25, 0.3) is 5.89 Å². The smallest absolute Gasteiger partial charge is 0.255 e. The Balaban J connectivity index is 2.72. The van der Waals surface area contributed by atoms with Gasteiger partial charge in [0.1, 0.15) is 11.9 Å². The average molecular weight is 235 g/mol. The number of aromatic nitrogens is 2. The van der Waals surface area contributed by atoms with Crippen molar-refractivity contribution in [1.82, 2.24) is 10.1 Å². The van der Waals surface area contributed by atoms with Crippen LogP contribution in [0.4, 0.5) is 0 Å². The Labute approximate surface area is 87.2 Å². The Morgan fingerprint density at radius 1 is 1.60 bits per heavy atom. The van der Waals surface area contributed by atoms with Crippen molar-refractivity contribution < 1.29 is 18.0 Å². The van der Waals surface area contributed by atoms with Gasteiger partial charge in [0.05, 0.1) is 0 Å². The van der Waals surface area contributed by atoms with Crippen LogP contribution in [-0.2, 0) is 15.6 Å². The first kappa shape index (κ1) is 12.1. The maximum absolute atomic E-state index is 10.9. The van der Waals surface area contributed by atoms with Gasteiger partial charge in [-0.3, -0.25) is 0 Å². The molecule has 1 aromatic rings. The van der Waals surface area contributed by atoms with E-state index in [4.69, 9.17) is 10.3 Å². The van der Waals surface area contributed by atoms with Gasteiger partial charge in [-0.05, 0) is 13.0 Å². The van der Waals surface area contributed by atoms with Crippen LogP contribution in [0.3, 0.4) is 0 Å². The topological polar surface area (TPSA) is 119 Å². The van der Waals surface area contributed by atoms with Gasteiger partial charge in [-0.15, -0.1) is 0 Å². The van der Waals surface area contributed by atoms with E-state index >= 15 is 0 Å². The highest BCUT2D eigenvalue weighted by Gasteiger charge is 2.17. The van der Waals surface area contributed by atoms with Crippen molar-refractivity contribution in [2.24, 2.45) is 5.73 Å². The molecule has 0 saturated carbocycles. The van der Waals surface area contributed by atoms with Crippen molar-refractivity contribution in [3.05, 3.63) is 11.7 Å². The maximum atomic E-state index is 10.9. The normalized spacial score (nSPS) is 14.1. The van der Waals surface area contributed by atoms with E-state index in [1.54, 1.807) is 0 Å². The van der Waals surface area contributed by atoms with Crippen LogP contribution in [0.2, 0.25) is 0 Å². The molecule has 86 valence electrons. The Hall–Kier alpha value is -0.990. The van der Waals surface area contributed by atoms with Gasteiger partial charge in [0.2, 0.25) is 0 Å². The van der Waals surface area contributed by atoms with E-state index in [0.717, 1.165) is 6.26 Å². The minimum Gasteiger partial charge on any atom is -0.383 e. The molecule has 8 heteroatoms. The van der Waals surface area contributed by atoms with Crippen molar-refractivity contribution in [1.29, 1.82) is 0 Å². The lowest BCUT2D eigenvalue weighted by Gasteiger charge is -2.00. The van der Waals surface area contributed by atoms with Crippen molar-refractivity contribution in [3.63, 3.8) is 0 Å². The SMILES string of the molecule is CS(=O)(=O)Cc1noc(C(O)CCN)n1. The largest absolute Gasteiger partial charge is 0.383 e. The fourth-order valence-electron chi connectivity index (χ4n) is 0.977.